The maximum atomic E-state index is 5.96. The van der Waals surface area contributed by atoms with E-state index >= 15 is 0 Å². The van der Waals surface area contributed by atoms with Crippen LogP contribution in [0.5, 0.6) is 11.5 Å². The van der Waals surface area contributed by atoms with Gasteiger partial charge in [0.15, 0.2) is 5.75 Å². The fraction of sp³-hybridized carbons (Fsp3) is 0.471. The van der Waals surface area contributed by atoms with E-state index in [9.17, 15) is 0 Å². The number of nitrogens with one attached hydrogen (secondary N) is 1. The fourth-order valence-electron chi connectivity index (χ4n) is 2.83. The Morgan fingerprint density at radius 3 is 2.86 bits per heavy atom. The lowest BCUT2D eigenvalue weighted by Gasteiger charge is -2.22. The van der Waals surface area contributed by atoms with Crippen molar-refractivity contribution in [1.82, 2.24) is 15.1 Å². The summed E-state index contributed by atoms with van der Waals surface area (Å²) in [6.07, 6.45) is 4.29. The maximum Gasteiger partial charge on any atom is 0.168 e. The van der Waals surface area contributed by atoms with Crippen LogP contribution in [0.25, 0.3) is 0 Å². The Kier molecular flexibility index (Phi) is 4.25. The summed E-state index contributed by atoms with van der Waals surface area (Å²) in [5.41, 5.74) is 2.31. The Morgan fingerprint density at radius 2 is 2.10 bits per heavy atom. The van der Waals surface area contributed by atoms with Crippen LogP contribution in [0.2, 0.25) is 0 Å². The van der Waals surface area contributed by atoms with Gasteiger partial charge in [0.25, 0.3) is 0 Å². The van der Waals surface area contributed by atoms with Gasteiger partial charge in [-0.1, -0.05) is 12.1 Å². The molecule has 4 nitrogen and oxygen atoms in total. The van der Waals surface area contributed by atoms with E-state index in [2.05, 4.69) is 35.0 Å². The number of rotatable bonds is 4. The van der Waals surface area contributed by atoms with Crippen LogP contribution in [0.3, 0.4) is 0 Å². The zero-order chi connectivity index (χ0) is 14.7. The molecule has 2 heterocycles. The highest BCUT2D eigenvalue weighted by Gasteiger charge is 2.16. The number of hydrogen-bond donors (Lipinski definition) is 1. The first-order valence-corrected chi connectivity index (χ1v) is 7.70. The van der Waals surface area contributed by atoms with Crippen molar-refractivity contribution in [1.29, 1.82) is 0 Å². The van der Waals surface area contributed by atoms with Crippen molar-refractivity contribution in [3.8, 4) is 11.5 Å². The molecule has 1 aromatic carbocycles. The lowest BCUT2D eigenvalue weighted by atomic mass is 9.98. The van der Waals surface area contributed by atoms with Crippen molar-refractivity contribution in [2.75, 3.05) is 13.1 Å². The topological polar surface area (TPSA) is 39.1 Å². The van der Waals surface area contributed by atoms with Gasteiger partial charge in [-0.15, -0.1) is 0 Å². The predicted octanol–water partition coefficient (Wildman–Crippen LogP) is 3.29. The summed E-state index contributed by atoms with van der Waals surface area (Å²) in [5.74, 6) is 2.45. The molecule has 1 aliphatic heterocycles. The largest absolute Gasteiger partial charge is 0.454 e. The van der Waals surface area contributed by atoms with Gasteiger partial charge in [-0.05, 0) is 63.4 Å². The van der Waals surface area contributed by atoms with Crippen LogP contribution in [-0.4, -0.2) is 22.9 Å². The molecule has 0 radical (unpaired) electrons. The van der Waals surface area contributed by atoms with E-state index in [4.69, 9.17) is 4.74 Å². The van der Waals surface area contributed by atoms with Crippen LogP contribution in [0.4, 0.5) is 0 Å². The zero-order valence-corrected chi connectivity index (χ0v) is 12.8. The van der Waals surface area contributed by atoms with Crippen LogP contribution in [0.1, 0.15) is 24.1 Å². The number of aromatic nitrogens is 2. The second-order valence-corrected chi connectivity index (χ2v) is 5.89. The van der Waals surface area contributed by atoms with E-state index in [1.165, 1.54) is 18.4 Å². The molecule has 1 fully saturated rings. The lowest BCUT2D eigenvalue weighted by molar-refractivity contribution is 0.318. The summed E-state index contributed by atoms with van der Waals surface area (Å²) in [5, 5.41) is 7.90. The third kappa shape index (κ3) is 3.45. The Hall–Kier alpha value is -1.81. The van der Waals surface area contributed by atoms with Gasteiger partial charge >= 0.3 is 0 Å². The first-order chi connectivity index (χ1) is 10.2. The standard InChI is InChI=1S/C17H23N3O/c1-13-4-3-5-16(10-13)21-17-11-19-20(14(17)2)12-15-6-8-18-9-7-15/h3-5,10-11,15,18H,6-9,12H2,1-2H3. The van der Waals surface area contributed by atoms with E-state index in [0.717, 1.165) is 42.7 Å². The second-order valence-electron chi connectivity index (χ2n) is 5.89. The van der Waals surface area contributed by atoms with Crippen molar-refractivity contribution < 1.29 is 4.74 Å². The van der Waals surface area contributed by atoms with Gasteiger partial charge in [0.05, 0.1) is 11.9 Å². The molecule has 2 aromatic rings. The quantitative estimate of drug-likeness (QED) is 0.937. The average Bonchev–Trinajstić information content (AvgIpc) is 2.82. The van der Waals surface area contributed by atoms with E-state index < -0.39 is 0 Å². The summed E-state index contributed by atoms with van der Waals surface area (Å²) in [6.45, 7) is 7.39. The van der Waals surface area contributed by atoms with Gasteiger partial charge in [0.2, 0.25) is 0 Å². The molecule has 0 bridgehead atoms. The molecule has 1 aromatic heterocycles. The molecule has 0 amide bonds. The van der Waals surface area contributed by atoms with Crippen LogP contribution in [-0.2, 0) is 6.54 Å². The molecule has 0 atom stereocenters. The normalized spacial score (nSPS) is 16.1. The SMILES string of the molecule is Cc1cccc(Oc2cnn(CC3CCNCC3)c2C)c1. The van der Waals surface area contributed by atoms with Crippen molar-refractivity contribution in [3.05, 3.63) is 41.7 Å². The van der Waals surface area contributed by atoms with E-state index in [0.29, 0.717) is 0 Å². The molecule has 1 aliphatic rings. The van der Waals surface area contributed by atoms with Crippen molar-refractivity contribution >= 4 is 0 Å². The molecule has 0 unspecified atom stereocenters. The second kappa shape index (κ2) is 6.31. The highest BCUT2D eigenvalue weighted by atomic mass is 16.5. The van der Waals surface area contributed by atoms with E-state index in [1.807, 2.05) is 24.4 Å². The molecule has 112 valence electrons. The third-order valence-electron chi connectivity index (χ3n) is 4.17. The summed E-state index contributed by atoms with van der Waals surface area (Å²) < 4.78 is 8.05. The average molecular weight is 285 g/mol. The Balaban J connectivity index is 1.70. The minimum atomic E-state index is 0.719. The van der Waals surface area contributed by atoms with Crippen LogP contribution < -0.4 is 10.1 Å². The first-order valence-electron chi connectivity index (χ1n) is 7.70. The molecule has 21 heavy (non-hydrogen) atoms. The summed E-state index contributed by atoms with van der Waals surface area (Å²) in [4.78, 5) is 0. The van der Waals surface area contributed by atoms with E-state index in [-0.39, 0.29) is 0 Å². The number of piperidine rings is 1. The molecule has 0 saturated carbocycles. The summed E-state index contributed by atoms with van der Waals surface area (Å²) in [7, 11) is 0. The Bertz CT molecular complexity index is 600. The number of benzene rings is 1. The highest BCUT2D eigenvalue weighted by molar-refractivity contribution is 5.34. The maximum absolute atomic E-state index is 5.96. The van der Waals surface area contributed by atoms with Gasteiger partial charge in [0, 0.05) is 6.54 Å². The number of ether oxygens (including phenoxy) is 1. The molecule has 0 spiro atoms. The molecular formula is C17H23N3O. The molecule has 0 aliphatic carbocycles. The smallest absolute Gasteiger partial charge is 0.168 e. The molecule has 4 heteroatoms. The fourth-order valence-corrected chi connectivity index (χ4v) is 2.83. The van der Waals surface area contributed by atoms with Crippen molar-refractivity contribution in [3.63, 3.8) is 0 Å². The van der Waals surface area contributed by atoms with Gasteiger partial charge in [-0.25, -0.2) is 0 Å². The molecule has 1 N–H and O–H groups in total. The third-order valence-corrected chi connectivity index (χ3v) is 4.17. The van der Waals surface area contributed by atoms with Gasteiger partial charge in [-0.3, -0.25) is 4.68 Å². The first kappa shape index (κ1) is 14.1. The highest BCUT2D eigenvalue weighted by Crippen LogP contribution is 2.26. The monoisotopic (exact) mass is 285 g/mol. The molecule has 3 rings (SSSR count). The van der Waals surface area contributed by atoms with E-state index in [1.54, 1.807) is 0 Å². The zero-order valence-electron chi connectivity index (χ0n) is 12.8. The minimum absolute atomic E-state index is 0.719. The summed E-state index contributed by atoms with van der Waals surface area (Å²) >= 11 is 0. The van der Waals surface area contributed by atoms with Crippen molar-refractivity contribution in [2.45, 2.75) is 33.2 Å². The number of hydrogen-bond acceptors (Lipinski definition) is 3. The van der Waals surface area contributed by atoms with Crippen LogP contribution in [0, 0.1) is 19.8 Å². The molecule has 1 saturated heterocycles. The van der Waals surface area contributed by atoms with Gasteiger partial charge in [-0.2, -0.15) is 5.10 Å². The number of nitrogens with zero attached hydrogens (tertiary/aromatic N) is 2. The Morgan fingerprint density at radius 1 is 1.29 bits per heavy atom. The summed E-state index contributed by atoms with van der Waals surface area (Å²) in [6, 6.07) is 8.11. The van der Waals surface area contributed by atoms with Crippen molar-refractivity contribution in [2.24, 2.45) is 5.92 Å². The van der Waals surface area contributed by atoms with Gasteiger partial charge < -0.3 is 10.1 Å². The van der Waals surface area contributed by atoms with Crippen LogP contribution in [0.15, 0.2) is 30.5 Å². The number of aryl methyl sites for hydroxylation is 1. The minimum Gasteiger partial charge on any atom is -0.454 e. The molecular weight excluding hydrogens is 262 g/mol. The predicted molar refractivity (Wildman–Crippen MR) is 83.8 cm³/mol. The lowest BCUT2D eigenvalue weighted by Crippen LogP contribution is -2.30. The Labute approximate surface area is 126 Å². The van der Waals surface area contributed by atoms with Gasteiger partial charge in [0.1, 0.15) is 5.75 Å². The van der Waals surface area contributed by atoms with Crippen LogP contribution >= 0.6 is 0 Å².